The van der Waals surface area contributed by atoms with Gasteiger partial charge in [0, 0.05) is 11.1 Å². The van der Waals surface area contributed by atoms with Crippen LogP contribution in [0.2, 0.25) is 0 Å². The lowest BCUT2D eigenvalue weighted by Crippen LogP contribution is -1.97. The zero-order valence-corrected chi connectivity index (χ0v) is 6.62. The Morgan fingerprint density at radius 1 is 1.00 bits per heavy atom. The molecule has 0 aromatic rings. The van der Waals surface area contributed by atoms with Crippen LogP contribution in [-0.4, -0.2) is 0 Å². The van der Waals surface area contributed by atoms with E-state index in [1.807, 2.05) is 12.2 Å². The maximum atomic E-state index is 8.64. The molecule has 58 valence electrons. The van der Waals surface area contributed by atoms with Crippen LogP contribution in [0.15, 0.2) is 23.3 Å². The van der Waals surface area contributed by atoms with E-state index in [2.05, 4.69) is 12.1 Å². The summed E-state index contributed by atoms with van der Waals surface area (Å²) in [4.78, 5) is 0. The number of nitrogens with zero attached hydrogens (tertiary/aromatic N) is 2. The Bertz CT molecular complexity index is 313. The highest BCUT2D eigenvalue weighted by molar-refractivity contribution is 5.37. The molecule has 0 N–H and O–H groups in total. The van der Waals surface area contributed by atoms with Crippen LogP contribution in [0.5, 0.6) is 0 Å². The van der Waals surface area contributed by atoms with Crippen LogP contribution in [0.4, 0.5) is 0 Å². The molecular formula is C10H8N2. The summed E-state index contributed by atoms with van der Waals surface area (Å²) < 4.78 is 0. The molecule has 0 spiro atoms. The monoisotopic (exact) mass is 156 g/mol. The Labute approximate surface area is 71.4 Å². The molecule has 0 saturated heterocycles. The second-order valence-electron chi connectivity index (χ2n) is 3.34. The second-order valence-corrected chi connectivity index (χ2v) is 3.34. The Balaban J connectivity index is 2.17. The van der Waals surface area contributed by atoms with Crippen LogP contribution in [0.3, 0.4) is 0 Å². The van der Waals surface area contributed by atoms with Gasteiger partial charge in [-0.25, -0.2) is 0 Å². The molecule has 0 heterocycles. The van der Waals surface area contributed by atoms with Gasteiger partial charge in [-0.15, -0.1) is 0 Å². The van der Waals surface area contributed by atoms with Crippen LogP contribution < -0.4 is 0 Å². The molecule has 0 fully saturated rings. The molecule has 12 heavy (non-hydrogen) atoms. The number of nitriles is 2. The van der Waals surface area contributed by atoms with Crippen LogP contribution in [0, 0.1) is 34.5 Å². The number of hydrogen-bond acceptors (Lipinski definition) is 2. The normalized spacial score (nSPS) is 31.5. The lowest BCUT2D eigenvalue weighted by molar-refractivity contribution is 0.548. The van der Waals surface area contributed by atoms with Gasteiger partial charge in [0.15, 0.2) is 0 Å². The van der Waals surface area contributed by atoms with Gasteiger partial charge in [0.05, 0.1) is 12.1 Å². The van der Waals surface area contributed by atoms with E-state index >= 15 is 0 Å². The van der Waals surface area contributed by atoms with E-state index in [-0.39, 0.29) is 0 Å². The molecular weight excluding hydrogens is 148 g/mol. The number of allylic oxidation sites excluding steroid dienone is 4. The highest BCUT2D eigenvalue weighted by Gasteiger charge is 2.31. The van der Waals surface area contributed by atoms with Gasteiger partial charge in [-0.2, -0.15) is 10.5 Å². The molecule has 2 aliphatic rings. The molecule has 0 aliphatic heterocycles. The standard InChI is InChI=1S/C10H8N2/c11-5-7-1-9-3-8(6-12)4-10(9)2-7/h1,4,9-10H,2-3H2/t9-,10+/m1/s1. The maximum absolute atomic E-state index is 8.64. The van der Waals surface area contributed by atoms with E-state index in [1.54, 1.807) is 0 Å². The highest BCUT2D eigenvalue weighted by atomic mass is 14.4. The van der Waals surface area contributed by atoms with Gasteiger partial charge in [-0.05, 0) is 24.7 Å². The van der Waals surface area contributed by atoms with E-state index in [0.29, 0.717) is 11.8 Å². The van der Waals surface area contributed by atoms with Crippen molar-refractivity contribution >= 4 is 0 Å². The fourth-order valence-electron chi connectivity index (χ4n) is 1.99. The first-order chi connectivity index (χ1) is 5.83. The third-order valence-corrected chi connectivity index (χ3v) is 2.58. The second kappa shape index (κ2) is 2.50. The van der Waals surface area contributed by atoms with Crippen molar-refractivity contribution < 1.29 is 0 Å². The average Bonchev–Trinajstić information content (AvgIpc) is 2.59. The van der Waals surface area contributed by atoms with E-state index in [9.17, 15) is 0 Å². The van der Waals surface area contributed by atoms with Gasteiger partial charge in [-0.3, -0.25) is 0 Å². The van der Waals surface area contributed by atoms with Gasteiger partial charge in [-0.1, -0.05) is 12.2 Å². The molecule has 0 aromatic carbocycles. The summed E-state index contributed by atoms with van der Waals surface area (Å²) in [5.74, 6) is 0.878. The number of hydrogen-bond donors (Lipinski definition) is 0. The van der Waals surface area contributed by atoms with Crippen molar-refractivity contribution in [3.8, 4) is 12.1 Å². The minimum Gasteiger partial charge on any atom is -0.193 e. The van der Waals surface area contributed by atoms with Crippen molar-refractivity contribution in [1.29, 1.82) is 10.5 Å². The van der Waals surface area contributed by atoms with Gasteiger partial charge < -0.3 is 0 Å². The number of fused-ring (bicyclic) bond motifs is 1. The topological polar surface area (TPSA) is 47.6 Å². The van der Waals surface area contributed by atoms with E-state index in [0.717, 1.165) is 24.0 Å². The smallest absolute Gasteiger partial charge is 0.0944 e. The molecule has 2 nitrogen and oxygen atoms in total. The molecule has 0 bridgehead atoms. The fraction of sp³-hybridized carbons (Fsp3) is 0.400. The van der Waals surface area contributed by atoms with Crippen LogP contribution in [0.1, 0.15) is 12.8 Å². The summed E-state index contributed by atoms with van der Waals surface area (Å²) in [5, 5.41) is 17.3. The maximum Gasteiger partial charge on any atom is 0.0944 e. The van der Waals surface area contributed by atoms with E-state index in [4.69, 9.17) is 10.5 Å². The summed E-state index contributed by atoms with van der Waals surface area (Å²) in [5.41, 5.74) is 1.77. The lowest BCUT2D eigenvalue weighted by Gasteiger charge is -2.03. The third kappa shape index (κ3) is 0.933. The zero-order chi connectivity index (χ0) is 8.55. The summed E-state index contributed by atoms with van der Waals surface area (Å²) in [6, 6.07) is 4.35. The molecule has 2 heteroatoms. The molecule has 2 rings (SSSR count). The fourth-order valence-corrected chi connectivity index (χ4v) is 1.99. The molecule has 2 atom stereocenters. The predicted molar refractivity (Wildman–Crippen MR) is 43.6 cm³/mol. The molecule has 2 aliphatic carbocycles. The van der Waals surface area contributed by atoms with Crippen molar-refractivity contribution in [3.63, 3.8) is 0 Å². The molecule has 0 amide bonds. The first-order valence-corrected chi connectivity index (χ1v) is 4.05. The van der Waals surface area contributed by atoms with E-state index < -0.39 is 0 Å². The first-order valence-electron chi connectivity index (χ1n) is 4.05. The summed E-state index contributed by atoms with van der Waals surface area (Å²) >= 11 is 0. The number of rotatable bonds is 0. The van der Waals surface area contributed by atoms with Crippen molar-refractivity contribution in [1.82, 2.24) is 0 Å². The average molecular weight is 156 g/mol. The van der Waals surface area contributed by atoms with Crippen LogP contribution in [-0.2, 0) is 0 Å². The minimum absolute atomic E-state index is 0.439. The van der Waals surface area contributed by atoms with Crippen molar-refractivity contribution in [2.75, 3.05) is 0 Å². The Morgan fingerprint density at radius 2 is 1.42 bits per heavy atom. The van der Waals surface area contributed by atoms with Crippen molar-refractivity contribution in [2.45, 2.75) is 12.8 Å². The molecule has 0 radical (unpaired) electrons. The zero-order valence-electron chi connectivity index (χ0n) is 6.62. The first kappa shape index (κ1) is 7.13. The van der Waals surface area contributed by atoms with Crippen LogP contribution >= 0.6 is 0 Å². The molecule has 0 saturated carbocycles. The van der Waals surface area contributed by atoms with Gasteiger partial charge in [0.1, 0.15) is 0 Å². The van der Waals surface area contributed by atoms with Gasteiger partial charge >= 0.3 is 0 Å². The van der Waals surface area contributed by atoms with Crippen molar-refractivity contribution in [3.05, 3.63) is 23.3 Å². The molecule has 0 unspecified atom stereocenters. The van der Waals surface area contributed by atoms with Crippen LogP contribution in [0.25, 0.3) is 0 Å². The highest BCUT2D eigenvalue weighted by Crippen LogP contribution is 2.40. The van der Waals surface area contributed by atoms with Crippen molar-refractivity contribution in [2.24, 2.45) is 11.8 Å². The Morgan fingerprint density at radius 3 is 1.75 bits per heavy atom. The summed E-state index contributed by atoms with van der Waals surface area (Å²) in [6.45, 7) is 0. The Kier molecular flexibility index (Phi) is 1.48. The third-order valence-electron chi connectivity index (χ3n) is 2.58. The van der Waals surface area contributed by atoms with Gasteiger partial charge in [0.2, 0.25) is 0 Å². The molecule has 0 aromatic heterocycles. The lowest BCUT2D eigenvalue weighted by atomic mass is 9.99. The summed E-state index contributed by atoms with van der Waals surface area (Å²) in [6.07, 6.45) is 5.72. The SMILES string of the molecule is N#CC1=C[C@@H]2CC(C#N)=C[C@@H]2C1. The van der Waals surface area contributed by atoms with E-state index in [1.165, 1.54) is 0 Å². The quantitative estimate of drug-likeness (QED) is 0.538. The summed E-state index contributed by atoms with van der Waals surface area (Å²) in [7, 11) is 0. The predicted octanol–water partition coefficient (Wildman–Crippen LogP) is 1.93. The van der Waals surface area contributed by atoms with Gasteiger partial charge in [0.25, 0.3) is 0 Å². The Hall–Kier alpha value is -1.54. The minimum atomic E-state index is 0.439. The largest absolute Gasteiger partial charge is 0.193 e.